The molecule has 1 aliphatic heterocycles. The van der Waals surface area contributed by atoms with E-state index in [-0.39, 0.29) is 18.3 Å². The predicted octanol–water partition coefficient (Wildman–Crippen LogP) is 2.95. The lowest BCUT2D eigenvalue weighted by Gasteiger charge is -2.17. The molecule has 3 heterocycles. The molecule has 0 radical (unpaired) electrons. The van der Waals surface area contributed by atoms with E-state index in [1.807, 2.05) is 0 Å². The van der Waals surface area contributed by atoms with Crippen LogP contribution >= 0.6 is 0 Å². The molecule has 0 bridgehead atoms. The number of hydrogen-bond donors (Lipinski definition) is 1. The molecule has 1 amide bonds. The number of alkyl halides is 4. The summed E-state index contributed by atoms with van der Waals surface area (Å²) in [4.78, 5) is 22.1. The summed E-state index contributed by atoms with van der Waals surface area (Å²) in [5.74, 6) is -3.96. The molecular formula is C17H16F4N4O2. The Balaban J connectivity index is 1.63. The summed E-state index contributed by atoms with van der Waals surface area (Å²) in [7, 11) is 1.72. The first kappa shape index (κ1) is 18.9. The molecule has 0 atom stereocenters. The van der Waals surface area contributed by atoms with Crippen molar-refractivity contribution >= 4 is 11.7 Å². The molecule has 0 aliphatic carbocycles. The fraction of sp³-hybridized carbons (Fsp3) is 0.353. The number of aromatic nitrogens is 2. The highest BCUT2D eigenvalue weighted by molar-refractivity contribution is 5.99. The monoisotopic (exact) mass is 384 g/mol. The maximum atomic E-state index is 12.9. The van der Waals surface area contributed by atoms with E-state index >= 15 is 0 Å². The molecule has 0 spiro atoms. The second-order valence-electron chi connectivity index (χ2n) is 5.95. The fourth-order valence-corrected chi connectivity index (χ4v) is 2.67. The largest absolute Gasteiger partial charge is 0.471 e. The fourth-order valence-electron chi connectivity index (χ4n) is 2.67. The van der Waals surface area contributed by atoms with Crippen LogP contribution in [0.15, 0.2) is 30.6 Å². The van der Waals surface area contributed by atoms with E-state index in [1.165, 1.54) is 18.3 Å². The zero-order valence-electron chi connectivity index (χ0n) is 14.3. The number of ether oxygens (including phenoxy) is 1. The highest BCUT2D eigenvalue weighted by Crippen LogP contribution is 2.29. The maximum Gasteiger partial charge on any atom is 0.340 e. The van der Waals surface area contributed by atoms with E-state index in [9.17, 15) is 22.4 Å². The van der Waals surface area contributed by atoms with Crippen molar-refractivity contribution in [1.29, 1.82) is 0 Å². The van der Waals surface area contributed by atoms with Gasteiger partial charge in [-0.2, -0.15) is 8.78 Å². The van der Waals surface area contributed by atoms with Crippen LogP contribution in [0.5, 0.6) is 5.88 Å². The molecule has 2 aromatic heterocycles. The summed E-state index contributed by atoms with van der Waals surface area (Å²) in [6, 6.07) is 4.48. The standard InChI is InChI=1S/C17H16F4N4O2/c1-22-14-12-8-25(15(26)11(12)4-5-23-14)7-10-2-3-13(24-6-10)27-9-17(20,21)16(18)19/h2-6,16H,7-9H2,1H3,(H,22,23). The molecule has 0 unspecified atom stereocenters. The number of amides is 1. The topological polar surface area (TPSA) is 67.3 Å². The van der Waals surface area contributed by atoms with Crippen molar-refractivity contribution in [3.05, 3.63) is 47.3 Å². The number of fused-ring (bicyclic) bond motifs is 1. The molecule has 2 aromatic rings. The van der Waals surface area contributed by atoms with Crippen LogP contribution in [0.3, 0.4) is 0 Å². The van der Waals surface area contributed by atoms with Gasteiger partial charge < -0.3 is 15.0 Å². The SMILES string of the molecule is CNc1nccc2c1CN(Cc1ccc(OCC(F)(F)C(F)F)nc1)C2=O. The van der Waals surface area contributed by atoms with E-state index in [2.05, 4.69) is 20.0 Å². The van der Waals surface area contributed by atoms with Gasteiger partial charge in [-0.15, -0.1) is 0 Å². The van der Waals surface area contributed by atoms with Gasteiger partial charge in [0.2, 0.25) is 5.88 Å². The lowest BCUT2D eigenvalue weighted by molar-refractivity contribution is -0.148. The van der Waals surface area contributed by atoms with Crippen molar-refractivity contribution in [3.63, 3.8) is 0 Å². The third kappa shape index (κ3) is 3.93. The molecule has 1 aliphatic rings. The van der Waals surface area contributed by atoms with Gasteiger partial charge in [-0.25, -0.2) is 18.7 Å². The maximum absolute atomic E-state index is 12.9. The van der Waals surface area contributed by atoms with Crippen LogP contribution < -0.4 is 10.1 Å². The molecule has 0 fully saturated rings. The summed E-state index contributed by atoms with van der Waals surface area (Å²) < 4.78 is 54.6. The van der Waals surface area contributed by atoms with E-state index in [1.54, 1.807) is 24.2 Å². The summed E-state index contributed by atoms with van der Waals surface area (Å²) in [6.45, 7) is -0.842. The minimum absolute atomic E-state index is 0.152. The van der Waals surface area contributed by atoms with E-state index in [0.29, 0.717) is 23.5 Å². The number of carbonyl (C=O) groups excluding carboxylic acids is 1. The smallest absolute Gasteiger partial charge is 0.340 e. The van der Waals surface area contributed by atoms with Crippen LogP contribution in [0, 0.1) is 0 Å². The average Bonchev–Trinajstić information content (AvgIpc) is 2.97. The summed E-state index contributed by atoms with van der Waals surface area (Å²) in [5, 5.41) is 2.94. The highest BCUT2D eigenvalue weighted by atomic mass is 19.3. The minimum atomic E-state index is -4.24. The molecular weight excluding hydrogens is 368 g/mol. The van der Waals surface area contributed by atoms with Gasteiger partial charge in [0.25, 0.3) is 5.91 Å². The van der Waals surface area contributed by atoms with E-state index in [4.69, 9.17) is 0 Å². The average molecular weight is 384 g/mol. The zero-order valence-corrected chi connectivity index (χ0v) is 14.3. The molecule has 1 N–H and O–H groups in total. The number of nitrogens with zero attached hydrogens (tertiary/aromatic N) is 3. The third-order valence-corrected chi connectivity index (χ3v) is 4.06. The number of carbonyl (C=O) groups is 1. The van der Waals surface area contributed by atoms with Gasteiger partial charge >= 0.3 is 12.3 Å². The second kappa shape index (κ2) is 7.37. The summed E-state index contributed by atoms with van der Waals surface area (Å²) in [6.07, 6.45) is -0.908. The Morgan fingerprint density at radius 2 is 2.07 bits per heavy atom. The van der Waals surface area contributed by atoms with Crippen LogP contribution in [0.2, 0.25) is 0 Å². The number of nitrogens with one attached hydrogen (secondary N) is 1. The predicted molar refractivity (Wildman–Crippen MR) is 88.0 cm³/mol. The van der Waals surface area contributed by atoms with E-state index in [0.717, 1.165) is 5.56 Å². The minimum Gasteiger partial charge on any atom is -0.471 e. The normalized spacial score (nSPS) is 13.9. The van der Waals surface area contributed by atoms with Crippen LogP contribution in [0.25, 0.3) is 0 Å². The lowest BCUT2D eigenvalue weighted by Crippen LogP contribution is -2.33. The molecule has 0 saturated heterocycles. The first-order valence-corrected chi connectivity index (χ1v) is 8.00. The molecule has 3 rings (SSSR count). The van der Waals surface area contributed by atoms with Gasteiger partial charge in [0.1, 0.15) is 5.82 Å². The zero-order chi connectivity index (χ0) is 19.6. The van der Waals surface area contributed by atoms with Crippen molar-refractivity contribution in [2.24, 2.45) is 0 Å². The first-order valence-electron chi connectivity index (χ1n) is 8.00. The summed E-state index contributed by atoms with van der Waals surface area (Å²) >= 11 is 0. The van der Waals surface area contributed by atoms with Crippen molar-refractivity contribution in [2.45, 2.75) is 25.4 Å². The van der Waals surface area contributed by atoms with Crippen LogP contribution in [-0.4, -0.2) is 46.8 Å². The Labute approximate surface area is 152 Å². The Hall–Kier alpha value is -2.91. The Morgan fingerprint density at radius 1 is 1.30 bits per heavy atom. The van der Waals surface area contributed by atoms with Crippen LogP contribution in [0.1, 0.15) is 21.5 Å². The number of pyridine rings is 2. The second-order valence-corrected chi connectivity index (χ2v) is 5.95. The van der Waals surface area contributed by atoms with Crippen molar-refractivity contribution < 1.29 is 27.1 Å². The molecule has 0 aromatic carbocycles. The van der Waals surface area contributed by atoms with Gasteiger partial charge in [0, 0.05) is 43.2 Å². The molecule has 10 heteroatoms. The Morgan fingerprint density at radius 3 is 2.70 bits per heavy atom. The van der Waals surface area contributed by atoms with Crippen molar-refractivity contribution in [2.75, 3.05) is 19.0 Å². The van der Waals surface area contributed by atoms with Crippen molar-refractivity contribution in [3.8, 4) is 5.88 Å². The Kier molecular flexibility index (Phi) is 5.15. The number of hydrogen-bond acceptors (Lipinski definition) is 5. The molecule has 27 heavy (non-hydrogen) atoms. The molecule has 6 nitrogen and oxygen atoms in total. The quantitative estimate of drug-likeness (QED) is 0.744. The summed E-state index contributed by atoms with van der Waals surface area (Å²) in [5.41, 5.74) is 2.01. The first-order chi connectivity index (χ1) is 12.8. The number of rotatable bonds is 7. The third-order valence-electron chi connectivity index (χ3n) is 4.06. The van der Waals surface area contributed by atoms with Gasteiger partial charge in [-0.05, 0) is 11.6 Å². The van der Waals surface area contributed by atoms with E-state index < -0.39 is 19.0 Å². The highest BCUT2D eigenvalue weighted by Gasteiger charge is 2.41. The molecule has 0 saturated carbocycles. The van der Waals surface area contributed by atoms with Gasteiger partial charge in [0.15, 0.2) is 6.61 Å². The molecule has 144 valence electrons. The Bertz CT molecular complexity index is 830. The van der Waals surface area contributed by atoms with Gasteiger partial charge in [-0.1, -0.05) is 6.07 Å². The lowest BCUT2D eigenvalue weighted by atomic mass is 10.1. The number of halogens is 4. The van der Waals surface area contributed by atoms with Crippen LogP contribution in [-0.2, 0) is 13.1 Å². The number of anilines is 1. The van der Waals surface area contributed by atoms with Gasteiger partial charge in [0.05, 0.1) is 6.54 Å². The van der Waals surface area contributed by atoms with Gasteiger partial charge in [-0.3, -0.25) is 4.79 Å². The van der Waals surface area contributed by atoms with Crippen LogP contribution in [0.4, 0.5) is 23.4 Å². The van der Waals surface area contributed by atoms with Crippen molar-refractivity contribution in [1.82, 2.24) is 14.9 Å².